The van der Waals surface area contributed by atoms with E-state index in [2.05, 4.69) is 19.7 Å². The SMILES string of the molecule is Cn1c(SCCCN2CC[C@]3(C[C@@H]3c3ccc(C(F)(F)F)cc3F)C2)nnc1C1CCN(C(=O)OC(C)(C)C)CC1. The number of rotatable bonds is 7. The number of carbonyl (C=O) groups excluding carboxylic acids is 1. The van der Waals surface area contributed by atoms with Crippen molar-refractivity contribution < 1.29 is 27.1 Å². The molecule has 2 saturated heterocycles. The lowest BCUT2D eigenvalue weighted by atomic mass is 9.96. The second-order valence-electron chi connectivity index (χ2n) is 12.7. The molecule has 41 heavy (non-hydrogen) atoms. The minimum Gasteiger partial charge on any atom is -0.444 e. The Morgan fingerprint density at radius 2 is 1.88 bits per heavy atom. The lowest BCUT2D eigenvalue weighted by molar-refractivity contribution is -0.137. The van der Waals surface area contributed by atoms with Gasteiger partial charge in [0.2, 0.25) is 0 Å². The summed E-state index contributed by atoms with van der Waals surface area (Å²) in [7, 11) is 2.00. The lowest BCUT2D eigenvalue weighted by Gasteiger charge is -2.33. The normalized spacial score (nSPS) is 23.9. The van der Waals surface area contributed by atoms with Crippen LogP contribution >= 0.6 is 11.8 Å². The molecule has 0 radical (unpaired) electrons. The zero-order valence-corrected chi connectivity index (χ0v) is 25.0. The number of nitrogens with zero attached hydrogens (tertiary/aromatic N) is 5. The summed E-state index contributed by atoms with van der Waals surface area (Å²) in [5, 5.41) is 9.77. The smallest absolute Gasteiger partial charge is 0.416 e. The van der Waals surface area contributed by atoms with E-state index >= 15 is 0 Å². The topological polar surface area (TPSA) is 63.5 Å². The van der Waals surface area contributed by atoms with E-state index < -0.39 is 23.2 Å². The molecule has 1 aliphatic carbocycles. The van der Waals surface area contributed by atoms with Gasteiger partial charge in [-0.2, -0.15) is 13.2 Å². The molecule has 3 aliphatic rings. The van der Waals surface area contributed by atoms with E-state index in [1.165, 1.54) is 6.07 Å². The highest BCUT2D eigenvalue weighted by Gasteiger charge is 2.58. The fraction of sp³-hybridized carbons (Fsp3) is 0.690. The molecule has 1 saturated carbocycles. The molecule has 1 amide bonds. The highest BCUT2D eigenvalue weighted by atomic mass is 32.2. The average Bonchev–Trinajstić information content (AvgIpc) is 3.22. The zero-order valence-electron chi connectivity index (χ0n) is 24.1. The van der Waals surface area contributed by atoms with Gasteiger partial charge in [-0.1, -0.05) is 17.8 Å². The Balaban J connectivity index is 1.05. The molecule has 2 aromatic rings. The molecular weight excluding hydrogens is 558 g/mol. The number of halogens is 4. The van der Waals surface area contributed by atoms with Crippen molar-refractivity contribution in [2.24, 2.45) is 12.5 Å². The van der Waals surface area contributed by atoms with E-state index in [0.29, 0.717) is 24.7 Å². The van der Waals surface area contributed by atoms with E-state index in [0.717, 1.165) is 74.5 Å². The molecule has 0 N–H and O–H groups in total. The Hall–Kier alpha value is -2.34. The molecule has 1 spiro atoms. The molecule has 1 aromatic carbocycles. The van der Waals surface area contributed by atoms with Gasteiger partial charge < -0.3 is 19.1 Å². The molecule has 226 valence electrons. The highest BCUT2D eigenvalue weighted by Crippen LogP contribution is 2.64. The Bertz CT molecular complexity index is 1250. The number of carbonyl (C=O) groups is 1. The lowest BCUT2D eigenvalue weighted by Crippen LogP contribution is -2.41. The molecule has 2 atom stereocenters. The van der Waals surface area contributed by atoms with Gasteiger partial charge in [0.1, 0.15) is 17.2 Å². The van der Waals surface area contributed by atoms with Crippen LogP contribution in [0, 0.1) is 11.2 Å². The predicted octanol–water partition coefficient (Wildman–Crippen LogP) is 6.45. The average molecular weight is 598 g/mol. The number of likely N-dealkylation sites (tertiary alicyclic amines) is 2. The van der Waals surface area contributed by atoms with Crippen molar-refractivity contribution in [1.29, 1.82) is 0 Å². The van der Waals surface area contributed by atoms with Crippen molar-refractivity contribution in [2.45, 2.75) is 81.6 Å². The second kappa shape index (κ2) is 11.4. The second-order valence-corrected chi connectivity index (χ2v) is 13.8. The van der Waals surface area contributed by atoms with Crippen LogP contribution < -0.4 is 0 Å². The number of aromatic nitrogens is 3. The summed E-state index contributed by atoms with van der Waals surface area (Å²) >= 11 is 1.68. The van der Waals surface area contributed by atoms with Crippen molar-refractivity contribution in [1.82, 2.24) is 24.6 Å². The Morgan fingerprint density at radius 3 is 2.54 bits per heavy atom. The summed E-state index contributed by atoms with van der Waals surface area (Å²) in [6.07, 6.45) is -0.400. The summed E-state index contributed by atoms with van der Waals surface area (Å²) in [6.45, 7) is 9.60. The van der Waals surface area contributed by atoms with E-state index in [1.807, 2.05) is 27.8 Å². The molecular formula is C29H39F4N5O2S. The number of ether oxygens (including phenoxy) is 1. The van der Waals surface area contributed by atoms with Crippen LogP contribution in [0.1, 0.15) is 81.7 Å². The fourth-order valence-electron chi connectivity index (χ4n) is 6.31. The van der Waals surface area contributed by atoms with E-state index in [4.69, 9.17) is 4.74 Å². The number of hydrogen-bond donors (Lipinski definition) is 0. The molecule has 12 heteroatoms. The third-order valence-electron chi connectivity index (χ3n) is 8.59. The highest BCUT2D eigenvalue weighted by molar-refractivity contribution is 7.99. The standard InChI is InChI=1S/C29H39F4N5O2S/c1-27(2,3)40-26(39)38-12-8-19(9-13-38)24-34-35-25(36(24)4)41-15-5-11-37-14-10-28(18-37)17-22(28)21-7-6-20(16-23(21)30)29(31,32)33/h6-7,16,19,22H,5,8-15,17-18H2,1-4H3/t22-,28+/m1/s1. The maximum Gasteiger partial charge on any atom is 0.416 e. The van der Waals surface area contributed by atoms with Crippen LogP contribution in [0.5, 0.6) is 0 Å². The number of amides is 1. The Labute approximate surface area is 243 Å². The minimum absolute atomic E-state index is 0.00257. The van der Waals surface area contributed by atoms with Gasteiger partial charge in [-0.3, -0.25) is 0 Å². The number of hydrogen-bond acceptors (Lipinski definition) is 6. The van der Waals surface area contributed by atoms with Gasteiger partial charge in [0.05, 0.1) is 5.56 Å². The van der Waals surface area contributed by atoms with Crippen LogP contribution in [-0.2, 0) is 18.0 Å². The summed E-state index contributed by atoms with van der Waals surface area (Å²) < 4.78 is 60.8. The molecule has 0 unspecified atom stereocenters. The molecule has 5 rings (SSSR count). The molecule has 7 nitrogen and oxygen atoms in total. The van der Waals surface area contributed by atoms with Crippen LogP contribution in [0.2, 0.25) is 0 Å². The molecule has 1 aromatic heterocycles. The number of benzene rings is 1. The number of thioether (sulfide) groups is 1. The quantitative estimate of drug-likeness (QED) is 0.208. The Morgan fingerprint density at radius 1 is 1.15 bits per heavy atom. The predicted molar refractivity (Wildman–Crippen MR) is 148 cm³/mol. The van der Waals surface area contributed by atoms with Crippen molar-refractivity contribution >= 4 is 17.9 Å². The van der Waals surface area contributed by atoms with Gasteiger partial charge in [0.15, 0.2) is 5.16 Å². The molecule has 3 fully saturated rings. The van der Waals surface area contributed by atoms with Crippen molar-refractivity contribution in [2.75, 3.05) is 38.5 Å². The minimum atomic E-state index is -4.53. The van der Waals surface area contributed by atoms with Crippen LogP contribution in [0.4, 0.5) is 22.4 Å². The zero-order chi connectivity index (χ0) is 29.6. The third kappa shape index (κ3) is 6.84. The summed E-state index contributed by atoms with van der Waals surface area (Å²) in [5.74, 6) is 1.35. The first-order valence-corrected chi connectivity index (χ1v) is 15.3. The molecule has 0 bridgehead atoms. The van der Waals surface area contributed by atoms with Gasteiger partial charge in [-0.05, 0) is 95.0 Å². The fourth-order valence-corrected chi connectivity index (χ4v) is 7.15. The van der Waals surface area contributed by atoms with E-state index in [-0.39, 0.29) is 23.3 Å². The van der Waals surface area contributed by atoms with E-state index in [1.54, 1.807) is 16.7 Å². The summed E-state index contributed by atoms with van der Waals surface area (Å²) in [5.41, 5.74) is -1.03. The Kier molecular flexibility index (Phi) is 8.37. The largest absolute Gasteiger partial charge is 0.444 e. The maximum atomic E-state index is 14.5. The summed E-state index contributed by atoms with van der Waals surface area (Å²) in [6, 6.07) is 2.96. The van der Waals surface area contributed by atoms with Gasteiger partial charge >= 0.3 is 12.3 Å². The van der Waals surface area contributed by atoms with Crippen molar-refractivity contribution in [3.8, 4) is 0 Å². The van der Waals surface area contributed by atoms with E-state index in [9.17, 15) is 22.4 Å². The van der Waals surface area contributed by atoms with Crippen LogP contribution in [0.3, 0.4) is 0 Å². The summed E-state index contributed by atoms with van der Waals surface area (Å²) in [4.78, 5) is 16.5. The van der Waals surface area contributed by atoms with Gasteiger partial charge in [-0.15, -0.1) is 10.2 Å². The first kappa shape index (κ1) is 30.1. The van der Waals surface area contributed by atoms with Gasteiger partial charge in [0, 0.05) is 38.4 Å². The van der Waals surface area contributed by atoms with Crippen molar-refractivity contribution in [3.05, 3.63) is 41.0 Å². The van der Waals surface area contributed by atoms with Crippen molar-refractivity contribution in [3.63, 3.8) is 0 Å². The monoisotopic (exact) mass is 597 g/mol. The third-order valence-corrected chi connectivity index (χ3v) is 9.69. The van der Waals surface area contributed by atoms with Crippen LogP contribution in [0.15, 0.2) is 23.4 Å². The maximum absolute atomic E-state index is 14.5. The van der Waals surface area contributed by atoms with Crippen LogP contribution in [-0.4, -0.2) is 74.7 Å². The van der Waals surface area contributed by atoms with Gasteiger partial charge in [0.25, 0.3) is 0 Å². The number of piperidine rings is 1. The first-order valence-electron chi connectivity index (χ1n) is 14.3. The van der Waals surface area contributed by atoms with Crippen LogP contribution in [0.25, 0.3) is 0 Å². The number of alkyl halides is 3. The molecule has 2 aliphatic heterocycles. The molecule has 3 heterocycles. The van der Waals surface area contributed by atoms with Gasteiger partial charge in [-0.25, -0.2) is 9.18 Å². The first-order chi connectivity index (χ1) is 19.3.